The van der Waals surface area contributed by atoms with Gasteiger partial charge >= 0.3 is 12.5 Å². The molecule has 0 fully saturated rings. The summed E-state index contributed by atoms with van der Waals surface area (Å²) in [6.45, 7) is 0. The minimum atomic E-state index is -5.23. The van der Waals surface area contributed by atoms with Crippen LogP contribution in [0.25, 0.3) is 0 Å². The maximum atomic E-state index is 12.7. The Kier molecular flexibility index (Phi) is 4.57. The zero-order valence-corrected chi connectivity index (χ0v) is 11.1. The molecule has 0 aromatic carbocycles. The Labute approximate surface area is 115 Å². The molecule has 0 saturated heterocycles. The van der Waals surface area contributed by atoms with Crippen LogP contribution >= 0.6 is 34.2 Å². The van der Waals surface area contributed by atoms with E-state index in [1.54, 1.807) is 0 Å². The van der Waals surface area contributed by atoms with Gasteiger partial charge in [0.1, 0.15) is 15.0 Å². The predicted molar refractivity (Wildman–Crippen MR) is 58.2 cm³/mol. The molecule has 0 aliphatic carbocycles. The van der Waals surface area contributed by atoms with Gasteiger partial charge in [-0.2, -0.15) is 13.2 Å². The molecule has 0 bridgehead atoms. The van der Waals surface area contributed by atoms with E-state index in [1.165, 1.54) is 22.6 Å². The van der Waals surface area contributed by atoms with Crippen LogP contribution in [0.2, 0.25) is 0 Å². The van der Waals surface area contributed by atoms with Gasteiger partial charge < -0.3 is 4.74 Å². The van der Waals surface area contributed by atoms with Gasteiger partial charge in [-0.1, -0.05) is 0 Å². The van der Waals surface area contributed by atoms with E-state index in [0.29, 0.717) is 6.07 Å². The van der Waals surface area contributed by atoms with Gasteiger partial charge in [0.05, 0.1) is 11.6 Å². The summed E-state index contributed by atoms with van der Waals surface area (Å²) in [6.07, 6.45) is -10.3. The molecule has 0 amide bonds. The highest BCUT2D eigenvalue weighted by Crippen LogP contribution is 2.41. The summed E-state index contributed by atoms with van der Waals surface area (Å²) >= 11 is 6.72. The van der Waals surface area contributed by atoms with E-state index in [4.69, 9.17) is 11.6 Å². The van der Waals surface area contributed by atoms with Crippen LogP contribution in [0.15, 0.2) is 6.07 Å². The lowest BCUT2D eigenvalue weighted by atomic mass is 10.2. The Hall–Kier alpha value is -0.450. The molecule has 1 rings (SSSR count). The van der Waals surface area contributed by atoms with Crippen LogP contribution in [-0.2, 0) is 12.1 Å². The van der Waals surface area contributed by atoms with Crippen LogP contribution in [0.3, 0.4) is 0 Å². The zero-order chi connectivity index (χ0) is 14.1. The summed E-state index contributed by atoms with van der Waals surface area (Å²) in [6, 6.07) is 0.549. The van der Waals surface area contributed by atoms with Crippen LogP contribution in [-0.4, -0.2) is 11.3 Å². The van der Waals surface area contributed by atoms with Crippen LogP contribution < -0.4 is 4.74 Å². The third-order valence-corrected chi connectivity index (χ3v) is 2.47. The maximum absolute atomic E-state index is 12.7. The van der Waals surface area contributed by atoms with Crippen molar-refractivity contribution in [2.45, 2.75) is 18.4 Å². The second-order valence-corrected chi connectivity index (χ2v) is 4.32. The van der Waals surface area contributed by atoms with Gasteiger partial charge in [-0.25, -0.2) is 4.98 Å². The summed E-state index contributed by atoms with van der Waals surface area (Å²) in [5.74, 6) is -2.04. The van der Waals surface area contributed by atoms with E-state index < -0.39 is 35.4 Å². The summed E-state index contributed by atoms with van der Waals surface area (Å²) in [5.41, 5.74) is -2.33. The SMILES string of the molecule is FC(F)(F)Oc1cc(I)nc(CCl)c1C(F)(F)F. The highest BCUT2D eigenvalue weighted by atomic mass is 127. The molecule has 0 saturated carbocycles. The van der Waals surface area contributed by atoms with Gasteiger partial charge in [-0.3, -0.25) is 0 Å². The minimum absolute atomic E-state index is 0.0875. The third-order valence-electron chi connectivity index (χ3n) is 1.66. The topological polar surface area (TPSA) is 22.1 Å². The fourth-order valence-corrected chi connectivity index (χ4v) is 1.91. The number of hydrogen-bond acceptors (Lipinski definition) is 2. The molecule has 1 heterocycles. The molecule has 1 aromatic rings. The molecule has 2 nitrogen and oxygen atoms in total. The van der Waals surface area contributed by atoms with Gasteiger partial charge in [0, 0.05) is 6.07 Å². The lowest BCUT2D eigenvalue weighted by molar-refractivity contribution is -0.276. The highest BCUT2D eigenvalue weighted by molar-refractivity contribution is 14.1. The molecule has 102 valence electrons. The number of aromatic nitrogens is 1. The normalized spacial score (nSPS) is 12.7. The molecule has 1 aromatic heterocycles. The summed E-state index contributed by atoms with van der Waals surface area (Å²) < 4.78 is 77.3. The van der Waals surface area contributed by atoms with Crippen molar-refractivity contribution in [1.29, 1.82) is 0 Å². The third kappa shape index (κ3) is 4.04. The monoisotopic (exact) mass is 405 g/mol. The Balaban J connectivity index is 3.43. The van der Waals surface area contributed by atoms with E-state index in [1.807, 2.05) is 0 Å². The second kappa shape index (κ2) is 5.27. The van der Waals surface area contributed by atoms with Crippen molar-refractivity contribution >= 4 is 34.2 Å². The van der Waals surface area contributed by atoms with Gasteiger partial charge in [0.2, 0.25) is 0 Å². The predicted octanol–water partition coefficient (Wildman–Crippen LogP) is 4.34. The minimum Gasteiger partial charge on any atom is -0.405 e. The zero-order valence-electron chi connectivity index (χ0n) is 8.16. The molecular weight excluding hydrogens is 402 g/mol. The van der Waals surface area contributed by atoms with E-state index in [2.05, 4.69) is 9.72 Å². The van der Waals surface area contributed by atoms with Crippen molar-refractivity contribution < 1.29 is 31.1 Å². The number of halogens is 8. The first kappa shape index (κ1) is 15.6. The second-order valence-electron chi connectivity index (χ2n) is 2.94. The Morgan fingerprint density at radius 2 is 1.78 bits per heavy atom. The quantitative estimate of drug-likeness (QED) is 0.316. The Bertz CT molecular complexity index is 446. The number of ether oxygens (including phenoxy) is 1. The number of rotatable bonds is 2. The van der Waals surface area contributed by atoms with E-state index in [0.717, 1.165) is 0 Å². The Morgan fingerprint density at radius 1 is 1.22 bits per heavy atom. The molecule has 18 heavy (non-hydrogen) atoms. The van der Waals surface area contributed by atoms with E-state index >= 15 is 0 Å². The van der Waals surface area contributed by atoms with Gasteiger partial charge in [0.15, 0.2) is 0 Å². The summed E-state index contributed by atoms with van der Waals surface area (Å²) in [4.78, 5) is 3.44. The van der Waals surface area contributed by atoms with Crippen molar-refractivity contribution in [3.63, 3.8) is 0 Å². The molecule has 0 atom stereocenters. The largest absolute Gasteiger partial charge is 0.573 e. The summed E-state index contributed by atoms with van der Waals surface area (Å²) in [5, 5.41) is 0. The van der Waals surface area contributed by atoms with E-state index in [9.17, 15) is 26.3 Å². The first-order chi connectivity index (χ1) is 8.04. The molecule has 0 aliphatic rings. The fraction of sp³-hybridized carbons (Fsp3) is 0.375. The molecule has 0 unspecified atom stereocenters. The molecule has 0 spiro atoms. The molecule has 0 N–H and O–H groups in total. The van der Waals surface area contributed by atoms with Crippen molar-refractivity contribution in [1.82, 2.24) is 4.98 Å². The fourth-order valence-electron chi connectivity index (χ4n) is 1.14. The smallest absolute Gasteiger partial charge is 0.405 e. The van der Waals surface area contributed by atoms with Crippen molar-refractivity contribution in [3.05, 3.63) is 21.0 Å². The van der Waals surface area contributed by atoms with Gasteiger partial charge in [-0.15, -0.1) is 24.8 Å². The number of nitrogens with zero attached hydrogens (tertiary/aromatic N) is 1. The number of pyridine rings is 1. The Morgan fingerprint density at radius 3 is 2.17 bits per heavy atom. The summed E-state index contributed by atoms with van der Waals surface area (Å²) in [7, 11) is 0. The van der Waals surface area contributed by atoms with Crippen LogP contribution in [0.1, 0.15) is 11.3 Å². The number of hydrogen-bond donors (Lipinski definition) is 0. The lowest BCUT2D eigenvalue weighted by Crippen LogP contribution is -2.22. The first-order valence-corrected chi connectivity index (χ1v) is 5.74. The van der Waals surface area contributed by atoms with Crippen LogP contribution in [0.5, 0.6) is 5.75 Å². The van der Waals surface area contributed by atoms with E-state index in [-0.39, 0.29) is 3.70 Å². The lowest BCUT2D eigenvalue weighted by Gasteiger charge is -2.17. The average Bonchev–Trinajstić information content (AvgIpc) is 2.11. The maximum Gasteiger partial charge on any atom is 0.573 e. The number of alkyl halides is 7. The van der Waals surface area contributed by atoms with Crippen LogP contribution in [0, 0.1) is 3.70 Å². The standard InChI is InChI=1S/C8H3ClF6INO/c9-2-3-6(7(10,11)12)4(1-5(16)17-3)18-8(13,14)15/h1H,2H2. The van der Waals surface area contributed by atoms with Crippen molar-refractivity contribution in [2.75, 3.05) is 0 Å². The highest BCUT2D eigenvalue weighted by Gasteiger charge is 2.42. The first-order valence-electron chi connectivity index (χ1n) is 4.13. The van der Waals surface area contributed by atoms with Gasteiger partial charge in [0.25, 0.3) is 0 Å². The van der Waals surface area contributed by atoms with Crippen molar-refractivity contribution in [3.8, 4) is 5.75 Å². The van der Waals surface area contributed by atoms with Gasteiger partial charge in [-0.05, 0) is 22.6 Å². The average molecular weight is 405 g/mol. The van der Waals surface area contributed by atoms with Crippen LogP contribution in [0.4, 0.5) is 26.3 Å². The molecule has 0 aliphatic heterocycles. The molecule has 0 radical (unpaired) electrons. The van der Waals surface area contributed by atoms with Crippen molar-refractivity contribution in [2.24, 2.45) is 0 Å². The molecular formula is C8H3ClF6INO. The molecule has 10 heteroatoms.